The Morgan fingerprint density at radius 3 is 2.68 bits per heavy atom. The summed E-state index contributed by atoms with van der Waals surface area (Å²) >= 11 is 7.07. The third-order valence-electron chi connectivity index (χ3n) is 2.91. The summed E-state index contributed by atoms with van der Waals surface area (Å²) in [6, 6.07) is 3.30. The Labute approximate surface area is 133 Å². The second-order valence-corrected chi connectivity index (χ2v) is 6.15. The molecular weight excluding hydrogens is 332 g/mol. The lowest BCUT2D eigenvalue weighted by Gasteiger charge is -2.11. The van der Waals surface area contributed by atoms with Gasteiger partial charge >= 0.3 is 6.01 Å². The minimum absolute atomic E-state index is 0.108. The molecule has 10 heteroatoms. The molecule has 3 heterocycles. The molecule has 114 valence electrons. The Balaban J connectivity index is 1.64. The number of rotatable bonds is 4. The highest BCUT2D eigenvalue weighted by atomic mass is 35.5. The zero-order chi connectivity index (χ0) is 15.7. The number of likely N-dealkylation sites (tertiary alicyclic amines) is 1. The van der Waals surface area contributed by atoms with Crippen molar-refractivity contribution in [3.05, 3.63) is 16.5 Å². The number of carbonyl (C=O) groups excluding carboxylic acids is 3. The fraction of sp³-hybridized carbons (Fsp3) is 0.250. The van der Waals surface area contributed by atoms with Crippen LogP contribution in [0.4, 0.5) is 6.01 Å². The van der Waals surface area contributed by atoms with E-state index in [0.717, 1.165) is 4.90 Å². The average molecular weight is 341 g/mol. The van der Waals surface area contributed by atoms with Crippen LogP contribution in [0.3, 0.4) is 0 Å². The van der Waals surface area contributed by atoms with Crippen molar-refractivity contribution in [2.24, 2.45) is 0 Å². The second kappa shape index (κ2) is 5.85. The molecule has 1 aliphatic heterocycles. The molecule has 0 bridgehead atoms. The van der Waals surface area contributed by atoms with Crippen LogP contribution < -0.4 is 5.32 Å². The van der Waals surface area contributed by atoms with Gasteiger partial charge in [0.2, 0.25) is 17.7 Å². The van der Waals surface area contributed by atoms with Gasteiger partial charge in [0.25, 0.3) is 5.89 Å². The number of amides is 3. The third-order valence-corrected chi connectivity index (χ3v) is 4.13. The second-order valence-electron chi connectivity index (χ2n) is 4.44. The maximum absolute atomic E-state index is 11.8. The number of halogens is 1. The number of hydrogen-bond acceptors (Lipinski definition) is 7. The van der Waals surface area contributed by atoms with Gasteiger partial charge in [-0.1, -0.05) is 16.7 Å². The van der Waals surface area contributed by atoms with E-state index in [2.05, 4.69) is 15.5 Å². The molecule has 0 aliphatic carbocycles. The van der Waals surface area contributed by atoms with Gasteiger partial charge in [-0.2, -0.15) is 0 Å². The van der Waals surface area contributed by atoms with Crippen molar-refractivity contribution in [3.8, 4) is 10.8 Å². The molecule has 1 aliphatic rings. The lowest BCUT2D eigenvalue weighted by molar-refractivity contribution is -0.141. The van der Waals surface area contributed by atoms with E-state index >= 15 is 0 Å². The van der Waals surface area contributed by atoms with Crippen LogP contribution in [0.1, 0.15) is 12.8 Å². The van der Waals surface area contributed by atoms with Crippen LogP contribution in [0.2, 0.25) is 4.34 Å². The molecule has 0 radical (unpaired) electrons. The van der Waals surface area contributed by atoms with Crippen molar-refractivity contribution in [1.82, 2.24) is 15.1 Å². The Kier molecular flexibility index (Phi) is 3.90. The van der Waals surface area contributed by atoms with E-state index in [4.69, 9.17) is 16.0 Å². The van der Waals surface area contributed by atoms with Crippen molar-refractivity contribution in [2.75, 3.05) is 11.9 Å². The summed E-state index contributed by atoms with van der Waals surface area (Å²) in [6.45, 7) is -0.361. The number of imide groups is 1. The van der Waals surface area contributed by atoms with Gasteiger partial charge in [-0.05, 0) is 12.1 Å². The van der Waals surface area contributed by atoms with Crippen LogP contribution in [-0.2, 0) is 14.4 Å². The summed E-state index contributed by atoms with van der Waals surface area (Å²) in [7, 11) is 0. The minimum atomic E-state index is -0.581. The Morgan fingerprint density at radius 1 is 1.32 bits per heavy atom. The molecule has 2 aromatic rings. The molecule has 0 aromatic carbocycles. The number of aromatic nitrogens is 2. The van der Waals surface area contributed by atoms with Crippen molar-refractivity contribution in [1.29, 1.82) is 0 Å². The molecule has 0 spiro atoms. The quantitative estimate of drug-likeness (QED) is 0.846. The smallest absolute Gasteiger partial charge is 0.322 e. The number of nitrogens with one attached hydrogen (secondary N) is 1. The average Bonchev–Trinajstić information content (AvgIpc) is 3.16. The molecule has 8 nitrogen and oxygen atoms in total. The molecule has 3 rings (SSSR count). The number of anilines is 1. The van der Waals surface area contributed by atoms with Gasteiger partial charge in [-0.15, -0.1) is 16.4 Å². The molecule has 3 amide bonds. The fourth-order valence-electron chi connectivity index (χ4n) is 1.90. The molecule has 1 fully saturated rings. The number of thiophene rings is 1. The highest BCUT2D eigenvalue weighted by molar-refractivity contribution is 7.19. The van der Waals surface area contributed by atoms with E-state index in [9.17, 15) is 14.4 Å². The lowest BCUT2D eigenvalue weighted by atomic mass is 10.4. The summed E-state index contributed by atoms with van der Waals surface area (Å²) in [5, 5.41) is 9.82. The monoisotopic (exact) mass is 340 g/mol. The predicted octanol–water partition coefficient (Wildman–Crippen LogP) is 1.54. The summed E-state index contributed by atoms with van der Waals surface area (Å²) in [5.41, 5.74) is 0. The number of nitrogens with zero attached hydrogens (tertiary/aromatic N) is 3. The molecule has 0 atom stereocenters. The SMILES string of the molecule is O=C(CN1C(=O)CCC1=O)Nc1nnc(-c2ccc(Cl)s2)o1. The maximum Gasteiger partial charge on any atom is 0.322 e. The normalized spacial score (nSPS) is 14.7. The third kappa shape index (κ3) is 3.00. The van der Waals surface area contributed by atoms with Crippen LogP contribution in [0, 0.1) is 0 Å². The molecule has 0 unspecified atom stereocenters. The summed E-state index contributed by atoms with van der Waals surface area (Å²) < 4.78 is 5.86. The van der Waals surface area contributed by atoms with Crippen molar-refractivity contribution in [3.63, 3.8) is 0 Å². The molecule has 0 saturated carbocycles. The maximum atomic E-state index is 11.8. The molecule has 1 saturated heterocycles. The van der Waals surface area contributed by atoms with E-state index in [0.29, 0.717) is 9.21 Å². The summed E-state index contributed by atoms with van der Waals surface area (Å²) in [6.07, 6.45) is 0.270. The van der Waals surface area contributed by atoms with E-state index < -0.39 is 5.91 Å². The zero-order valence-corrected chi connectivity index (χ0v) is 12.6. The highest BCUT2D eigenvalue weighted by Crippen LogP contribution is 2.30. The Bertz CT molecular complexity index is 740. The minimum Gasteiger partial charge on any atom is -0.402 e. The van der Waals surface area contributed by atoms with Gasteiger partial charge in [0.1, 0.15) is 6.54 Å². The first-order valence-electron chi connectivity index (χ1n) is 6.25. The van der Waals surface area contributed by atoms with Crippen LogP contribution in [0.25, 0.3) is 10.8 Å². The Morgan fingerprint density at radius 2 is 2.05 bits per heavy atom. The first-order chi connectivity index (χ1) is 10.5. The first-order valence-corrected chi connectivity index (χ1v) is 7.44. The van der Waals surface area contributed by atoms with E-state index in [1.807, 2.05) is 0 Å². The van der Waals surface area contributed by atoms with Gasteiger partial charge in [0.15, 0.2) is 0 Å². The van der Waals surface area contributed by atoms with Gasteiger partial charge in [-0.3, -0.25) is 24.6 Å². The topological polar surface area (TPSA) is 105 Å². The predicted molar refractivity (Wildman–Crippen MR) is 77.2 cm³/mol. The van der Waals surface area contributed by atoms with Crippen LogP contribution in [0.5, 0.6) is 0 Å². The van der Waals surface area contributed by atoms with Crippen LogP contribution in [0.15, 0.2) is 16.5 Å². The van der Waals surface area contributed by atoms with Crippen LogP contribution >= 0.6 is 22.9 Å². The Hall–Kier alpha value is -2.26. The summed E-state index contributed by atoms with van der Waals surface area (Å²) in [4.78, 5) is 36.2. The van der Waals surface area contributed by atoms with Crippen molar-refractivity contribution in [2.45, 2.75) is 12.8 Å². The molecule has 2 aromatic heterocycles. The van der Waals surface area contributed by atoms with E-state index in [1.54, 1.807) is 12.1 Å². The van der Waals surface area contributed by atoms with Crippen LogP contribution in [-0.4, -0.2) is 39.4 Å². The number of hydrogen-bond donors (Lipinski definition) is 1. The van der Waals surface area contributed by atoms with Crippen molar-refractivity contribution >= 4 is 46.7 Å². The van der Waals surface area contributed by atoms with Crippen molar-refractivity contribution < 1.29 is 18.8 Å². The van der Waals surface area contributed by atoms with E-state index in [1.165, 1.54) is 11.3 Å². The van der Waals surface area contributed by atoms with Gasteiger partial charge in [0.05, 0.1) is 9.21 Å². The number of carbonyl (C=O) groups is 3. The lowest BCUT2D eigenvalue weighted by Crippen LogP contribution is -2.36. The fourth-order valence-corrected chi connectivity index (χ4v) is 2.87. The zero-order valence-electron chi connectivity index (χ0n) is 11.0. The van der Waals surface area contributed by atoms with Gasteiger partial charge < -0.3 is 4.42 Å². The van der Waals surface area contributed by atoms with Gasteiger partial charge in [-0.25, -0.2) is 0 Å². The largest absolute Gasteiger partial charge is 0.402 e. The highest BCUT2D eigenvalue weighted by Gasteiger charge is 2.30. The first kappa shape index (κ1) is 14.7. The van der Waals surface area contributed by atoms with Gasteiger partial charge in [0, 0.05) is 12.8 Å². The molecular formula is C12H9ClN4O4S. The molecule has 1 N–H and O–H groups in total. The van der Waals surface area contributed by atoms with E-state index in [-0.39, 0.29) is 43.1 Å². The standard InChI is InChI=1S/C12H9ClN4O4S/c13-7-2-1-6(22-7)11-15-16-12(21-11)14-8(18)5-17-9(19)3-4-10(17)20/h1-2H,3-5H2,(H,14,16,18). The molecule has 22 heavy (non-hydrogen) atoms. The summed E-state index contributed by atoms with van der Waals surface area (Å²) in [5.74, 6) is -1.08.